The normalized spacial score (nSPS) is 11.0. The zero-order chi connectivity index (χ0) is 17.8. The molecule has 1 aromatic heterocycles. The average molecular weight is 398 g/mol. The molecule has 0 N–H and O–H groups in total. The van der Waals surface area contributed by atoms with Crippen molar-refractivity contribution < 1.29 is 9.53 Å². The van der Waals surface area contributed by atoms with Gasteiger partial charge in [-0.1, -0.05) is 39.4 Å². The number of methoxy groups -OCH3 is 1. The van der Waals surface area contributed by atoms with Crippen molar-refractivity contribution in [1.29, 1.82) is 0 Å². The lowest BCUT2D eigenvalue weighted by Gasteiger charge is -2.03. The van der Waals surface area contributed by atoms with Crippen molar-refractivity contribution in [2.24, 2.45) is 0 Å². The Kier molecular flexibility index (Phi) is 5.09. The van der Waals surface area contributed by atoms with E-state index in [0.29, 0.717) is 11.4 Å². The standard InChI is InChI=1S/C19H16BrN3O2/c1-13-19(21-22-23(13)16-8-6-15(20)7-9-16)18(24)12-5-14-3-10-17(25-2)11-4-14/h3-12H,1-2H3/b12-5+. The molecule has 0 fully saturated rings. The summed E-state index contributed by atoms with van der Waals surface area (Å²) in [5, 5.41) is 8.13. The molecular formula is C19H16BrN3O2. The van der Waals surface area contributed by atoms with Crippen molar-refractivity contribution in [3.63, 3.8) is 0 Å². The van der Waals surface area contributed by atoms with E-state index in [1.54, 1.807) is 17.9 Å². The minimum Gasteiger partial charge on any atom is -0.497 e. The number of halogens is 1. The van der Waals surface area contributed by atoms with Gasteiger partial charge >= 0.3 is 0 Å². The Morgan fingerprint density at radius 2 is 1.80 bits per heavy atom. The van der Waals surface area contributed by atoms with Gasteiger partial charge in [-0.3, -0.25) is 4.79 Å². The maximum Gasteiger partial charge on any atom is 0.208 e. The van der Waals surface area contributed by atoms with Crippen LogP contribution < -0.4 is 4.74 Å². The molecule has 3 rings (SSSR count). The first-order valence-electron chi connectivity index (χ1n) is 7.63. The van der Waals surface area contributed by atoms with Gasteiger partial charge in [0.15, 0.2) is 5.69 Å². The summed E-state index contributed by atoms with van der Waals surface area (Å²) in [5.74, 6) is 0.591. The molecule has 0 aliphatic heterocycles. The van der Waals surface area contributed by atoms with Crippen molar-refractivity contribution in [3.8, 4) is 11.4 Å². The summed E-state index contributed by atoms with van der Waals surface area (Å²) in [6.07, 6.45) is 3.25. The van der Waals surface area contributed by atoms with Crippen molar-refractivity contribution in [2.75, 3.05) is 7.11 Å². The summed E-state index contributed by atoms with van der Waals surface area (Å²) in [7, 11) is 1.62. The quantitative estimate of drug-likeness (QED) is 0.477. The number of rotatable bonds is 5. The Balaban J connectivity index is 1.80. The number of benzene rings is 2. The van der Waals surface area contributed by atoms with Crippen LogP contribution in [0.3, 0.4) is 0 Å². The zero-order valence-electron chi connectivity index (χ0n) is 13.8. The van der Waals surface area contributed by atoms with E-state index < -0.39 is 0 Å². The van der Waals surface area contributed by atoms with E-state index in [4.69, 9.17) is 4.74 Å². The summed E-state index contributed by atoms with van der Waals surface area (Å²) < 4.78 is 7.75. The Bertz CT molecular complexity index is 913. The lowest BCUT2D eigenvalue weighted by Crippen LogP contribution is -2.01. The SMILES string of the molecule is COc1ccc(/C=C/C(=O)c2nnn(-c3ccc(Br)cc3)c2C)cc1. The first kappa shape index (κ1) is 17.1. The van der Waals surface area contributed by atoms with Crippen LogP contribution in [-0.2, 0) is 0 Å². The number of hydrogen-bond acceptors (Lipinski definition) is 4. The molecule has 0 saturated heterocycles. The molecule has 0 unspecified atom stereocenters. The Hall–Kier alpha value is -2.73. The van der Waals surface area contributed by atoms with E-state index >= 15 is 0 Å². The molecule has 0 saturated carbocycles. The highest BCUT2D eigenvalue weighted by Crippen LogP contribution is 2.17. The van der Waals surface area contributed by atoms with Gasteiger partial charge in [0.1, 0.15) is 5.75 Å². The summed E-state index contributed by atoms with van der Waals surface area (Å²) in [4.78, 5) is 12.4. The van der Waals surface area contributed by atoms with Gasteiger partial charge in [0.05, 0.1) is 18.5 Å². The molecule has 0 radical (unpaired) electrons. The highest BCUT2D eigenvalue weighted by Gasteiger charge is 2.15. The Morgan fingerprint density at radius 3 is 2.44 bits per heavy atom. The predicted octanol–water partition coefficient (Wildman–Crippen LogP) is 4.24. The first-order valence-corrected chi connectivity index (χ1v) is 8.42. The third kappa shape index (κ3) is 3.85. The number of carbonyl (C=O) groups excluding carboxylic acids is 1. The van der Waals surface area contributed by atoms with Crippen LogP contribution in [0.5, 0.6) is 5.75 Å². The van der Waals surface area contributed by atoms with Gasteiger partial charge < -0.3 is 4.74 Å². The number of aromatic nitrogens is 3. The summed E-state index contributed by atoms with van der Waals surface area (Å²) in [6, 6.07) is 15.1. The second-order valence-corrected chi connectivity index (χ2v) is 6.30. The Labute approximate surface area is 154 Å². The zero-order valence-corrected chi connectivity index (χ0v) is 15.4. The molecule has 5 nitrogen and oxygen atoms in total. The highest BCUT2D eigenvalue weighted by atomic mass is 79.9. The maximum atomic E-state index is 12.4. The van der Waals surface area contributed by atoms with Gasteiger partial charge in [0.25, 0.3) is 0 Å². The fraction of sp³-hybridized carbons (Fsp3) is 0.105. The van der Waals surface area contributed by atoms with Gasteiger partial charge in [-0.25, -0.2) is 4.68 Å². The summed E-state index contributed by atoms with van der Waals surface area (Å²) in [5.41, 5.74) is 2.80. The minimum atomic E-state index is -0.184. The predicted molar refractivity (Wildman–Crippen MR) is 100 cm³/mol. The number of carbonyl (C=O) groups is 1. The molecule has 126 valence electrons. The molecule has 25 heavy (non-hydrogen) atoms. The van der Waals surface area contributed by atoms with Gasteiger partial charge in [0.2, 0.25) is 5.78 Å². The molecule has 0 aliphatic rings. The molecule has 0 spiro atoms. The number of allylic oxidation sites excluding steroid dienone is 1. The maximum absolute atomic E-state index is 12.4. The van der Waals surface area contributed by atoms with Crippen LogP contribution in [0.4, 0.5) is 0 Å². The summed E-state index contributed by atoms with van der Waals surface area (Å²) >= 11 is 3.40. The fourth-order valence-corrected chi connectivity index (χ4v) is 2.61. The molecule has 0 amide bonds. The number of ether oxygens (including phenoxy) is 1. The van der Waals surface area contributed by atoms with Gasteiger partial charge in [-0.05, 0) is 55.0 Å². The van der Waals surface area contributed by atoms with Crippen molar-refractivity contribution in [2.45, 2.75) is 6.92 Å². The number of ketones is 1. The third-order valence-corrected chi connectivity index (χ3v) is 4.27. The summed E-state index contributed by atoms with van der Waals surface area (Å²) in [6.45, 7) is 1.83. The van der Waals surface area contributed by atoms with Crippen LogP contribution in [0.25, 0.3) is 11.8 Å². The number of hydrogen-bond donors (Lipinski definition) is 0. The largest absolute Gasteiger partial charge is 0.497 e. The first-order chi connectivity index (χ1) is 12.1. The molecule has 1 heterocycles. The minimum absolute atomic E-state index is 0.184. The van der Waals surface area contributed by atoms with Crippen LogP contribution in [-0.4, -0.2) is 27.9 Å². The fourth-order valence-electron chi connectivity index (χ4n) is 2.35. The molecule has 0 bridgehead atoms. The lowest BCUT2D eigenvalue weighted by molar-refractivity contribution is 0.104. The molecule has 0 aliphatic carbocycles. The Morgan fingerprint density at radius 1 is 1.12 bits per heavy atom. The second kappa shape index (κ2) is 7.44. The van der Waals surface area contributed by atoms with Crippen LogP contribution >= 0.6 is 15.9 Å². The molecule has 6 heteroatoms. The second-order valence-electron chi connectivity index (χ2n) is 5.38. The molecule has 0 atom stereocenters. The van der Waals surface area contributed by atoms with Crippen molar-refractivity contribution in [3.05, 3.63) is 76.0 Å². The van der Waals surface area contributed by atoms with Gasteiger partial charge in [-0.2, -0.15) is 0 Å². The van der Waals surface area contributed by atoms with E-state index in [0.717, 1.165) is 21.5 Å². The van der Waals surface area contributed by atoms with Crippen LogP contribution in [0, 0.1) is 6.92 Å². The average Bonchev–Trinajstić information content (AvgIpc) is 3.02. The van der Waals surface area contributed by atoms with E-state index in [9.17, 15) is 4.79 Å². The lowest BCUT2D eigenvalue weighted by atomic mass is 10.1. The van der Waals surface area contributed by atoms with Crippen LogP contribution in [0.15, 0.2) is 59.1 Å². The molecule has 3 aromatic rings. The van der Waals surface area contributed by atoms with E-state index in [-0.39, 0.29) is 5.78 Å². The van der Waals surface area contributed by atoms with Crippen LogP contribution in [0.1, 0.15) is 21.7 Å². The van der Waals surface area contributed by atoms with Crippen molar-refractivity contribution in [1.82, 2.24) is 15.0 Å². The third-order valence-electron chi connectivity index (χ3n) is 3.74. The molecule has 2 aromatic carbocycles. The number of nitrogens with zero attached hydrogens (tertiary/aromatic N) is 3. The monoisotopic (exact) mass is 397 g/mol. The van der Waals surface area contributed by atoms with E-state index in [1.165, 1.54) is 6.08 Å². The molecular weight excluding hydrogens is 382 g/mol. The van der Waals surface area contributed by atoms with Crippen molar-refractivity contribution >= 4 is 27.8 Å². The topological polar surface area (TPSA) is 57.0 Å². The van der Waals surface area contributed by atoms with Crippen LogP contribution in [0.2, 0.25) is 0 Å². The van der Waals surface area contributed by atoms with E-state index in [2.05, 4.69) is 26.2 Å². The smallest absolute Gasteiger partial charge is 0.208 e. The van der Waals surface area contributed by atoms with E-state index in [1.807, 2.05) is 55.5 Å². The van der Waals surface area contributed by atoms with Gasteiger partial charge in [0, 0.05) is 4.47 Å². The van der Waals surface area contributed by atoms with Gasteiger partial charge in [-0.15, -0.1) is 5.10 Å². The highest BCUT2D eigenvalue weighted by molar-refractivity contribution is 9.10.